The summed E-state index contributed by atoms with van der Waals surface area (Å²) in [5.41, 5.74) is 2.03. The van der Waals surface area contributed by atoms with Gasteiger partial charge in [0, 0.05) is 24.5 Å². The van der Waals surface area contributed by atoms with Crippen LogP contribution in [-0.2, 0) is 9.59 Å². The van der Waals surface area contributed by atoms with Crippen molar-refractivity contribution in [2.45, 2.75) is 27.2 Å². The van der Waals surface area contributed by atoms with E-state index in [1.54, 1.807) is 12.1 Å². The normalized spacial score (nSPS) is 9.46. The molecule has 0 aliphatic heterocycles. The molecule has 0 aliphatic rings. The van der Waals surface area contributed by atoms with Crippen LogP contribution in [0.25, 0.3) is 0 Å². The summed E-state index contributed by atoms with van der Waals surface area (Å²) in [6, 6.07) is 19.6. The molecule has 2 rings (SSSR count). The third-order valence-electron chi connectivity index (χ3n) is 3.35. The Balaban J connectivity index is 0.000000243. The molecule has 0 saturated carbocycles. The molecule has 0 heterocycles. The van der Waals surface area contributed by atoms with Crippen LogP contribution in [0.2, 0.25) is 0 Å². The second kappa shape index (κ2) is 11.0. The Morgan fingerprint density at radius 1 is 0.875 bits per heavy atom. The molecule has 0 spiro atoms. The SMILES string of the molecule is CC(=O)CC(=O)Nc1ccccc1.CCN(CC)c1ccccc1. The predicted molar refractivity (Wildman–Crippen MR) is 100 cm³/mol. The topological polar surface area (TPSA) is 49.4 Å². The lowest BCUT2D eigenvalue weighted by Gasteiger charge is -2.20. The van der Waals surface area contributed by atoms with E-state index in [0.29, 0.717) is 5.69 Å². The average molecular weight is 326 g/mol. The Morgan fingerprint density at radius 2 is 1.38 bits per heavy atom. The maximum absolute atomic E-state index is 11.1. The van der Waals surface area contributed by atoms with Crippen molar-refractivity contribution in [2.75, 3.05) is 23.3 Å². The zero-order valence-electron chi connectivity index (χ0n) is 14.7. The Bertz CT molecular complexity index is 608. The van der Waals surface area contributed by atoms with Gasteiger partial charge in [0.05, 0.1) is 6.42 Å². The lowest BCUT2D eigenvalue weighted by molar-refractivity contribution is -0.124. The standard InChI is InChI=1S/C10H11NO2.C10H15N/c1-8(12)7-10(13)11-9-5-3-2-4-6-9;1-3-11(4-2)10-8-6-5-7-9-10/h2-6H,7H2,1H3,(H,11,13);5-9H,3-4H2,1-2H3. The van der Waals surface area contributed by atoms with E-state index in [1.807, 2.05) is 24.3 Å². The van der Waals surface area contributed by atoms with Crippen molar-refractivity contribution < 1.29 is 9.59 Å². The van der Waals surface area contributed by atoms with Crippen molar-refractivity contribution in [2.24, 2.45) is 0 Å². The van der Waals surface area contributed by atoms with Crippen LogP contribution in [0.3, 0.4) is 0 Å². The van der Waals surface area contributed by atoms with Gasteiger partial charge >= 0.3 is 0 Å². The van der Waals surface area contributed by atoms with Crippen LogP contribution in [0.15, 0.2) is 60.7 Å². The highest BCUT2D eigenvalue weighted by molar-refractivity contribution is 6.03. The van der Waals surface area contributed by atoms with E-state index in [-0.39, 0.29) is 18.1 Å². The summed E-state index contributed by atoms with van der Waals surface area (Å²) in [4.78, 5) is 24.0. The fourth-order valence-electron chi connectivity index (χ4n) is 2.18. The fraction of sp³-hybridized carbons (Fsp3) is 0.300. The lowest BCUT2D eigenvalue weighted by atomic mass is 10.2. The molecule has 0 fully saturated rings. The molecule has 0 aromatic heterocycles. The highest BCUT2D eigenvalue weighted by atomic mass is 16.2. The van der Waals surface area contributed by atoms with Gasteiger partial charge in [-0.2, -0.15) is 0 Å². The maximum Gasteiger partial charge on any atom is 0.231 e. The van der Waals surface area contributed by atoms with Gasteiger partial charge in [0.25, 0.3) is 0 Å². The smallest absolute Gasteiger partial charge is 0.231 e. The van der Waals surface area contributed by atoms with E-state index < -0.39 is 0 Å². The molecule has 24 heavy (non-hydrogen) atoms. The number of carbonyl (C=O) groups excluding carboxylic acids is 2. The molecule has 0 radical (unpaired) electrons. The Kier molecular flexibility index (Phi) is 8.90. The van der Waals surface area contributed by atoms with Crippen LogP contribution in [-0.4, -0.2) is 24.8 Å². The summed E-state index contributed by atoms with van der Waals surface area (Å²) >= 11 is 0. The van der Waals surface area contributed by atoms with Crippen LogP contribution >= 0.6 is 0 Å². The Labute approximate surface area is 144 Å². The van der Waals surface area contributed by atoms with Crippen LogP contribution in [0.4, 0.5) is 11.4 Å². The number of hydrogen-bond acceptors (Lipinski definition) is 3. The van der Waals surface area contributed by atoms with Gasteiger partial charge in [-0.05, 0) is 45.0 Å². The van der Waals surface area contributed by atoms with Gasteiger partial charge < -0.3 is 10.2 Å². The first-order valence-corrected chi connectivity index (χ1v) is 8.21. The van der Waals surface area contributed by atoms with Crippen molar-refractivity contribution in [3.8, 4) is 0 Å². The minimum Gasteiger partial charge on any atom is -0.372 e. The second-order valence-electron chi connectivity index (χ2n) is 5.30. The molecule has 0 atom stereocenters. The number of carbonyl (C=O) groups is 2. The number of anilines is 2. The summed E-state index contributed by atoms with van der Waals surface area (Å²) < 4.78 is 0. The summed E-state index contributed by atoms with van der Waals surface area (Å²) in [5, 5.41) is 2.61. The lowest BCUT2D eigenvalue weighted by Crippen LogP contribution is -2.21. The summed E-state index contributed by atoms with van der Waals surface area (Å²) in [6.07, 6.45) is -0.0606. The molecule has 0 aliphatic carbocycles. The highest BCUT2D eigenvalue weighted by Gasteiger charge is 2.04. The highest BCUT2D eigenvalue weighted by Crippen LogP contribution is 2.11. The van der Waals surface area contributed by atoms with Gasteiger partial charge in [0.15, 0.2) is 0 Å². The van der Waals surface area contributed by atoms with Gasteiger partial charge in [-0.1, -0.05) is 36.4 Å². The molecule has 0 bridgehead atoms. The van der Waals surface area contributed by atoms with Crippen molar-refractivity contribution >= 4 is 23.1 Å². The number of Topliss-reactive ketones (excluding diaryl/α,β-unsaturated/α-hetero) is 1. The first-order valence-electron chi connectivity index (χ1n) is 8.21. The van der Waals surface area contributed by atoms with Crippen molar-refractivity contribution in [1.29, 1.82) is 0 Å². The summed E-state index contributed by atoms with van der Waals surface area (Å²) in [5.74, 6) is -0.396. The van der Waals surface area contributed by atoms with Crippen LogP contribution in [0.1, 0.15) is 27.2 Å². The zero-order valence-corrected chi connectivity index (χ0v) is 14.7. The van der Waals surface area contributed by atoms with Crippen LogP contribution < -0.4 is 10.2 Å². The largest absolute Gasteiger partial charge is 0.372 e. The number of rotatable bonds is 6. The van der Waals surface area contributed by atoms with Gasteiger partial charge in [-0.25, -0.2) is 0 Å². The van der Waals surface area contributed by atoms with Crippen molar-refractivity contribution in [3.05, 3.63) is 60.7 Å². The number of nitrogens with one attached hydrogen (secondary N) is 1. The first-order chi connectivity index (χ1) is 11.6. The number of hydrogen-bond donors (Lipinski definition) is 1. The molecule has 4 nitrogen and oxygen atoms in total. The Hall–Kier alpha value is -2.62. The van der Waals surface area contributed by atoms with Gasteiger partial charge in [0.2, 0.25) is 5.91 Å². The van der Waals surface area contributed by atoms with E-state index >= 15 is 0 Å². The van der Waals surface area contributed by atoms with Gasteiger partial charge in [-0.3, -0.25) is 9.59 Å². The van der Waals surface area contributed by atoms with E-state index in [4.69, 9.17) is 0 Å². The molecule has 2 aromatic rings. The van der Waals surface area contributed by atoms with Crippen LogP contribution in [0.5, 0.6) is 0 Å². The van der Waals surface area contributed by atoms with Crippen molar-refractivity contribution in [1.82, 2.24) is 0 Å². The number of ketones is 1. The minimum absolute atomic E-state index is 0.0606. The van der Waals surface area contributed by atoms with Crippen molar-refractivity contribution in [3.63, 3.8) is 0 Å². The first kappa shape index (κ1) is 19.4. The molecule has 1 amide bonds. The van der Waals surface area contributed by atoms with E-state index in [9.17, 15) is 9.59 Å². The van der Waals surface area contributed by atoms with E-state index in [1.165, 1.54) is 12.6 Å². The molecule has 4 heteroatoms. The number of amides is 1. The van der Waals surface area contributed by atoms with Crippen LogP contribution in [0, 0.1) is 0 Å². The second-order valence-corrected chi connectivity index (χ2v) is 5.30. The molecule has 2 aromatic carbocycles. The summed E-state index contributed by atoms with van der Waals surface area (Å²) in [7, 11) is 0. The molecule has 128 valence electrons. The number of nitrogens with zero attached hydrogens (tertiary/aromatic N) is 1. The molecule has 1 N–H and O–H groups in total. The van der Waals surface area contributed by atoms with E-state index in [2.05, 4.69) is 48.3 Å². The quantitative estimate of drug-likeness (QED) is 0.812. The average Bonchev–Trinajstić information content (AvgIpc) is 2.58. The Morgan fingerprint density at radius 3 is 1.83 bits per heavy atom. The third-order valence-corrected chi connectivity index (χ3v) is 3.35. The predicted octanol–water partition coefficient (Wildman–Crippen LogP) is 4.14. The van der Waals surface area contributed by atoms with Gasteiger partial charge in [0.1, 0.15) is 5.78 Å². The molecule has 0 saturated heterocycles. The molecular formula is C20H26N2O2. The number of para-hydroxylation sites is 2. The van der Waals surface area contributed by atoms with E-state index in [0.717, 1.165) is 13.1 Å². The van der Waals surface area contributed by atoms with Gasteiger partial charge in [-0.15, -0.1) is 0 Å². The monoisotopic (exact) mass is 326 g/mol. The molecule has 0 unspecified atom stereocenters. The number of benzene rings is 2. The maximum atomic E-state index is 11.1. The summed E-state index contributed by atoms with van der Waals surface area (Å²) in [6.45, 7) is 7.92. The fourth-order valence-corrected chi connectivity index (χ4v) is 2.18. The zero-order chi connectivity index (χ0) is 17.8. The minimum atomic E-state index is -0.265. The molecular weight excluding hydrogens is 300 g/mol. The third kappa shape index (κ3) is 7.58.